The van der Waals surface area contributed by atoms with Gasteiger partial charge < -0.3 is 20.4 Å². The standard InChI is InChI=1S/C22H25FN4O3/c23-18-8-6-17(7-9-18)10-13-24-21(28)16-30-26-20-11-14-27(15-12-20)22(29)25-19-4-2-1-3-5-19/h1-9H,10-16H2,(H,24,28)(H,25,29). The Kier molecular flexibility index (Phi) is 7.77. The summed E-state index contributed by atoms with van der Waals surface area (Å²) in [7, 11) is 0. The molecule has 0 saturated carbocycles. The number of halogens is 1. The first-order valence-electron chi connectivity index (χ1n) is 9.90. The van der Waals surface area contributed by atoms with E-state index in [0.29, 0.717) is 38.9 Å². The van der Waals surface area contributed by atoms with Crippen LogP contribution >= 0.6 is 0 Å². The SMILES string of the molecule is O=C(CON=C1CCN(C(=O)Nc2ccccc2)CC1)NCCc1ccc(F)cc1. The highest BCUT2D eigenvalue weighted by molar-refractivity contribution is 5.92. The molecule has 0 aromatic heterocycles. The van der Waals surface area contributed by atoms with Crippen LogP contribution in [0, 0.1) is 5.82 Å². The zero-order valence-corrected chi connectivity index (χ0v) is 16.6. The lowest BCUT2D eigenvalue weighted by Crippen LogP contribution is -2.41. The summed E-state index contributed by atoms with van der Waals surface area (Å²) in [4.78, 5) is 31.0. The van der Waals surface area contributed by atoms with E-state index in [1.54, 1.807) is 17.0 Å². The predicted molar refractivity (Wildman–Crippen MR) is 113 cm³/mol. The molecule has 3 amide bonds. The number of rotatable bonds is 7. The number of nitrogens with zero attached hydrogens (tertiary/aromatic N) is 2. The van der Waals surface area contributed by atoms with Crippen LogP contribution < -0.4 is 10.6 Å². The van der Waals surface area contributed by atoms with Crippen molar-refractivity contribution in [3.8, 4) is 0 Å². The van der Waals surface area contributed by atoms with Gasteiger partial charge in [-0.3, -0.25) is 4.79 Å². The number of amides is 3. The van der Waals surface area contributed by atoms with Gasteiger partial charge in [0.2, 0.25) is 0 Å². The Morgan fingerprint density at radius 1 is 1.03 bits per heavy atom. The van der Waals surface area contributed by atoms with E-state index in [2.05, 4.69) is 15.8 Å². The summed E-state index contributed by atoms with van der Waals surface area (Å²) < 4.78 is 12.9. The maximum Gasteiger partial charge on any atom is 0.321 e. The first-order valence-corrected chi connectivity index (χ1v) is 9.90. The fraction of sp³-hybridized carbons (Fsp3) is 0.318. The van der Waals surface area contributed by atoms with Crippen LogP contribution in [-0.4, -0.2) is 48.8 Å². The Bertz CT molecular complexity index is 862. The van der Waals surface area contributed by atoms with Gasteiger partial charge in [0, 0.05) is 38.2 Å². The van der Waals surface area contributed by atoms with Crippen molar-refractivity contribution in [1.82, 2.24) is 10.2 Å². The van der Waals surface area contributed by atoms with Gasteiger partial charge in [0.05, 0.1) is 5.71 Å². The van der Waals surface area contributed by atoms with Crippen molar-refractivity contribution in [3.05, 3.63) is 66.0 Å². The van der Waals surface area contributed by atoms with Crippen LogP contribution in [0.3, 0.4) is 0 Å². The van der Waals surface area contributed by atoms with Gasteiger partial charge in [0.1, 0.15) is 5.82 Å². The summed E-state index contributed by atoms with van der Waals surface area (Å²) in [6, 6.07) is 15.3. The third kappa shape index (κ3) is 6.88. The van der Waals surface area contributed by atoms with Gasteiger partial charge >= 0.3 is 6.03 Å². The molecule has 158 valence electrons. The molecule has 0 unspecified atom stereocenters. The number of carbonyl (C=O) groups is 2. The van der Waals surface area contributed by atoms with E-state index in [0.717, 1.165) is 17.0 Å². The highest BCUT2D eigenvalue weighted by atomic mass is 19.1. The summed E-state index contributed by atoms with van der Waals surface area (Å²) in [5, 5.41) is 9.64. The van der Waals surface area contributed by atoms with Gasteiger partial charge in [-0.05, 0) is 36.2 Å². The highest BCUT2D eigenvalue weighted by Gasteiger charge is 2.20. The predicted octanol–water partition coefficient (Wildman–Crippen LogP) is 3.18. The number of nitrogens with one attached hydrogen (secondary N) is 2. The Balaban J connectivity index is 1.31. The normalized spacial score (nSPS) is 13.5. The summed E-state index contributed by atoms with van der Waals surface area (Å²) >= 11 is 0. The van der Waals surface area contributed by atoms with Crippen LogP contribution in [0.4, 0.5) is 14.9 Å². The van der Waals surface area contributed by atoms with E-state index < -0.39 is 0 Å². The maximum atomic E-state index is 12.9. The second-order valence-electron chi connectivity index (χ2n) is 6.94. The molecule has 1 saturated heterocycles. The fourth-order valence-electron chi connectivity index (χ4n) is 3.01. The monoisotopic (exact) mass is 412 g/mol. The molecular weight excluding hydrogens is 387 g/mol. The summed E-state index contributed by atoms with van der Waals surface area (Å²) in [6.45, 7) is 1.37. The number of anilines is 1. The lowest BCUT2D eigenvalue weighted by Gasteiger charge is -2.27. The first kappa shape index (κ1) is 21.3. The topological polar surface area (TPSA) is 83.0 Å². The molecule has 8 heteroatoms. The number of likely N-dealkylation sites (tertiary alicyclic amines) is 1. The summed E-state index contributed by atoms with van der Waals surface area (Å²) in [5.41, 5.74) is 2.54. The number of para-hydroxylation sites is 1. The molecule has 1 fully saturated rings. The van der Waals surface area contributed by atoms with Crippen LogP contribution in [-0.2, 0) is 16.1 Å². The molecular formula is C22H25FN4O3. The average Bonchev–Trinajstić information content (AvgIpc) is 2.76. The number of hydrogen-bond donors (Lipinski definition) is 2. The van der Waals surface area contributed by atoms with E-state index in [1.165, 1.54) is 12.1 Å². The smallest absolute Gasteiger partial charge is 0.321 e. The molecule has 1 heterocycles. The van der Waals surface area contributed by atoms with Gasteiger partial charge in [0.15, 0.2) is 6.61 Å². The molecule has 0 spiro atoms. The number of hydrogen-bond acceptors (Lipinski definition) is 4. The molecule has 7 nitrogen and oxygen atoms in total. The molecule has 3 rings (SSSR count). The number of oxime groups is 1. The number of urea groups is 1. The van der Waals surface area contributed by atoms with Crippen LogP contribution in [0.1, 0.15) is 18.4 Å². The largest absolute Gasteiger partial charge is 0.386 e. The van der Waals surface area contributed by atoms with Gasteiger partial charge in [-0.1, -0.05) is 35.5 Å². The van der Waals surface area contributed by atoms with Crippen LogP contribution in [0.5, 0.6) is 0 Å². The van der Waals surface area contributed by atoms with E-state index in [-0.39, 0.29) is 24.4 Å². The van der Waals surface area contributed by atoms with Crippen molar-refractivity contribution >= 4 is 23.3 Å². The van der Waals surface area contributed by atoms with Crippen LogP contribution in [0.15, 0.2) is 59.8 Å². The number of piperidine rings is 1. The molecule has 0 bridgehead atoms. The van der Waals surface area contributed by atoms with Crippen molar-refractivity contribution in [1.29, 1.82) is 0 Å². The molecule has 0 radical (unpaired) electrons. The summed E-state index contributed by atoms with van der Waals surface area (Å²) in [5.74, 6) is -0.543. The number of benzene rings is 2. The van der Waals surface area contributed by atoms with Crippen molar-refractivity contribution in [2.24, 2.45) is 5.16 Å². The van der Waals surface area contributed by atoms with Crippen LogP contribution in [0.25, 0.3) is 0 Å². The second-order valence-corrected chi connectivity index (χ2v) is 6.94. The molecule has 2 N–H and O–H groups in total. The first-order chi connectivity index (χ1) is 14.6. The minimum absolute atomic E-state index is 0.137. The van der Waals surface area contributed by atoms with Gasteiger partial charge in [-0.2, -0.15) is 0 Å². The number of carbonyl (C=O) groups excluding carboxylic acids is 2. The van der Waals surface area contributed by atoms with E-state index in [4.69, 9.17) is 4.84 Å². The fourth-order valence-corrected chi connectivity index (χ4v) is 3.01. The molecule has 30 heavy (non-hydrogen) atoms. The molecule has 2 aromatic carbocycles. The zero-order valence-electron chi connectivity index (χ0n) is 16.6. The van der Waals surface area contributed by atoms with Gasteiger partial charge in [0.25, 0.3) is 5.91 Å². The van der Waals surface area contributed by atoms with Crippen molar-refractivity contribution in [2.75, 3.05) is 31.6 Å². The lowest BCUT2D eigenvalue weighted by molar-refractivity contribution is -0.125. The Morgan fingerprint density at radius 3 is 2.43 bits per heavy atom. The average molecular weight is 412 g/mol. The minimum Gasteiger partial charge on any atom is -0.386 e. The minimum atomic E-state index is -0.280. The quantitative estimate of drug-likeness (QED) is 0.685. The molecule has 1 aliphatic heterocycles. The second kappa shape index (κ2) is 10.9. The summed E-state index contributed by atoms with van der Waals surface area (Å²) in [6.07, 6.45) is 1.82. The molecule has 1 aliphatic rings. The van der Waals surface area contributed by atoms with Crippen LogP contribution in [0.2, 0.25) is 0 Å². The van der Waals surface area contributed by atoms with Crippen molar-refractivity contribution in [2.45, 2.75) is 19.3 Å². The zero-order chi connectivity index (χ0) is 21.2. The van der Waals surface area contributed by atoms with E-state index in [9.17, 15) is 14.0 Å². The third-order valence-electron chi connectivity index (χ3n) is 4.69. The Morgan fingerprint density at radius 2 is 1.73 bits per heavy atom. The Labute approximate surface area is 174 Å². The van der Waals surface area contributed by atoms with E-state index in [1.807, 2.05) is 30.3 Å². The van der Waals surface area contributed by atoms with Gasteiger partial charge in [-0.15, -0.1) is 0 Å². The Hall–Kier alpha value is -3.42. The maximum absolute atomic E-state index is 12.9. The molecule has 0 aliphatic carbocycles. The van der Waals surface area contributed by atoms with Gasteiger partial charge in [-0.25, -0.2) is 9.18 Å². The molecule has 2 aromatic rings. The highest BCUT2D eigenvalue weighted by Crippen LogP contribution is 2.11. The molecule has 0 atom stereocenters. The van der Waals surface area contributed by atoms with E-state index >= 15 is 0 Å². The lowest BCUT2D eigenvalue weighted by atomic mass is 10.1. The van der Waals surface area contributed by atoms with Crippen molar-refractivity contribution < 1.29 is 18.8 Å². The third-order valence-corrected chi connectivity index (χ3v) is 4.69. The van der Waals surface area contributed by atoms with Crippen molar-refractivity contribution in [3.63, 3.8) is 0 Å².